The van der Waals surface area contributed by atoms with Gasteiger partial charge in [0.05, 0.1) is 5.56 Å². The van der Waals surface area contributed by atoms with Crippen LogP contribution in [0.1, 0.15) is 237 Å². The van der Waals surface area contributed by atoms with Crippen LogP contribution < -0.4 is 10.1 Å². The van der Waals surface area contributed by atoms with Crippen molar-refractivity contribution in [2.24, 2.45) is 0 Å². The van der Waals surface area contributed by atoms with Gasteiger partial charge in [-0.3, -0.25) is 19.2 Å². The highest BCUT2D eigenvalue weighted by Gasteiger charge is 2.15. The molecule has 1 rings (SSSR count). The molecule has 0 aliphatic heterocycles. The van der Waals surface area contributed by atoms with Crippen molar-refractivity contribution in [1.29, 1.82) is 0 Å². The molecule has 0 unspecified atom stereocenters. The van der Waals surface area contributed by atoms with E-state index in [-0.39, 0.29) is 11.7 Å². The van der Waals surface area contributed by atoms with Crippen molar-refractivity contribution < 1.29 is 23.9 Å². The van der Waals surface area contributed by atoms with E-state index < -0.39 is 5.97 Å². The number of hydrogen-bond donors (Lipinski definition) is 1. The Hall–Kier alpha value is -3.06. The standard InChI is InChI=1S/C53H90N2O5/c1-4-6-8-10-12-14-16-18-20-22-24-26-28-30-32-38-49(57)39-36-45-55(46-37-41-51(58)50-40-34-35-42-52(50)60-48(3)56)47-44-54-53(59)43-33-31-29-27-25-23-21-19-17-15-13-11-9-7-5-2/h18-21,34-35,40,42H,4-17,22-33,36-39,41,43-47H2,1-3H3,(H,54,59)/b20-18-,21-19-. The number of ketones is 2. The lowest BCUT2D eigenvalue weighted by molar-refractivity contribution is -0.132. The summed E-state index contributed by atoms with van der Waals surface area (Å²) in [6.45, 7) is 8.53. The zero-order valence-corrected chi connectivity index (χ0v) is 39.1. The minimum atomic E-state index is -0.451. The van der Waals surface area contributed by atoms with Gasteiger partial charge in [-0.15, -0.1) is 0 Å². The number of amides is 1. The van der Waals surface area contributed by atoms with Gasteiger partial charge in [-0.1, -0.05) is 153 Å². The maximum absolute atomic E-state index is 13.1. The summed E-state index contributed by atoms with van der Waals surface area (Å²) in [7, 11) is 0. The van der Waals surface area contributed by atoms with E-state index in [1.54, 1.807) is 24.3 Å². The van der Waals surface area contributed by atoms with Crippen molar-refractivity contribution >= 4 is 23.4 Å². The van der Waals surface area contributed by atoms with E-state index in [1.165, 1.54) is 142 Å². The quantitative estimate of drug-likeness (QED) is 0.0232. The lowest BCUT2D eigenvalue weighted by Gasteiger charge is -2.22. The minimum Gasteiger partial charge on any atom is -0.426 e. The number of unbranched alkanes of at least 4 members (excludes halogenated alkanes) is 22. The number of allylic oxidation sites excluding steroid dienone is 4. The Morgan fingerprint density at radius 2 is 0.950 bits per heavy atom. The van der Waals surface area contributed by atoms with Gasteiger partial charge in [0.1, 0.15) is 11.5 Å². The van der Waals surface area contributed by atoms with Crippen LogP contribution in [0.3, 0.4) is 0 Å². The van der Waals surface area contributed by atoms with Gasteiger partial charge in [0.15, 0.2) is 5.78 Å². The number of benzene rings is 1. The Morgan fingerprint density at radius 1 is 0.517 bits per heavy atom. The molecule has 0 atom stereocenters. The highest BCUT2D eigenvalue weighted by Crippen LogP contribution is 2.21. The fourth-order valence-electron chi connectivity index (χ4n) is 7.69. The molecule has 60 heavy (non-hydrogen) atoms. The number of nitrogens with one attached hydrogen (secondary N) is 1. The summed E-state index contributed by atoms with van der Waals surface area (Å²) in [5.74, 6) is 0.214. The van der Waals surface area contributed by atoms with Gasteiger partial charge in [-0.2, -0.15) is 0 Å². The van der Waals surface area contributed by atoms with Crippen molar-refractivity contribution in [2.45, 2.75) is 226 Å². The van der Waals surface area contributed by atoms with Crippen LogP contribution in [0.2, 0.25) is 0 Å². The Kier molecular flexibility index (Phi) is 37.8. The Balaban J connectivity index is 2.34. The van der Waals surface area contributed by atoms with E-state index in [0.717, 1.165) is 45.1 Å². The van der Waals surface area contributed by atoms with Gasteiger partial charge in [-0.25, -0.2) is 0 Å². The smallest absolute Gasteiger partial charge is 0.308 e. The molecule has 0 aliphatic rings. The molecular formula is C53H90N2O5. The molecule has 0 aromatic heterocycles. The van der Waals surface area contributed by atoms with E-state index in [4.69, 9.17) is 4.74 Å². The van der Waals surface area contributed by atoms with Gasteiger partial charge in [0.2, 0.25) is 5.91 Å². The van der Waals surface area contributed by atoms with Crippen molar-refractivity contribution in [3.8, 4) is 5.75 Å². The first-order valence-electron chi connectivity index (χ1n) is 25.0. The number of para-hydroxylation sites is 1. The Morgan fingerprint density at radius 3 is 1.47 bits per heavy atom. The fraction of sp³-hybridized carbons (Fsp3) is 0.736. The maximum atomic E-state index is 13.1. The molecule has 7 heteroatoms. The molecule has 0 radical (unpaired) electrons. The Bertz CT molecular complexity index is 1220. The van der Waals surface area contributed by atoms with Crippen LogP contribution in [0.25, 0.3) is 0 Å². The molecule has 0 aliphatic carbocycles. The van der Waals surface area contributed by atoms with Gasteiger partial charge in [0.25, 0.3) is 0 Å². The second kappa shape index (κ2) is 41.3. The lowest BCUT2D eigenvalue weighted by atomic mass is 10.0. The third kappa shape index (κ3) is 34.6. The van der Waals surface area contributed by atoms with E-state index >= 15 is 0 Å². The molecule has 342 valence electrons. The molecule has 1 amide bonds. The molecule has 1 N–H and O–H groups in total. The van der Waals surface area contributed by atoms with Crippen LogP contribution in [0.15, 0.2) is 48.6 Å². The molecule has 7 nitrogen and oxygen atoms in total. The largest absolute Gasteiger partial charge is 0.426 e. The summed E-state index contributed by atoms with van der Waals surface area (Å²) in [5, 5.41) is 3.11. The molecule has 0 fully saturated rings. The first-order valence-corrected chi connectivity index (χ1v) is 25.0. The van der Waals surface area contributed by atoms with Crippen LogP contribution in [-0.4, -0.2) is 54.5 Å². The highest BCUT2D eigenvalue weighted by molar-refractivity contribution is 5.99. The summed E-state index contributed by atoms with van der Waals surface area (Å²) in [6.07, 6.45) is 45.3. The van der Waals surface area contributed by atoms with E-state index in [0.29, 0.717) is 68.8 Å². The number of carbonyl (C=O) groups excluding carboxylic acids is 4. The van der Waals surface area contributed by atoms with Crippen LogP contribution in [-0.2, 0) is 14.4 Å². The minimum absolute atomic E-state index is 0.0600. The summed E-state index contributed by atoms with van der Waals surface area (Å²) in [4.78, 5) is 52.3. The SMILES string of the molecule is CCCCCCCC/C=C\CCCCCCCC(=O)CCCN(CCCC(=O)c1ccccc1OC(C)=O)CCNC(=O)CCCCCCC/C=C\CCCCCCCC. The summed E-state index contributed by atoms with van der Waals surface area (Å²) >= 11 is 0. The van der Waals surface area contributed by atoms with Crippen LogP contribution >= 0.6 is 0 Å². The number of hydrogen-bond acceptors (Lipinski definition) is 6. The number of esters is 1. The number of rotatable bonds is 43. The second-order valence-electron chi connectivity index (χ2n) is 17.1. The molecule has 0 spiro atoms. The molecule has 0 saturated heterocycles. The van der Waals surface area contributed by atoms with Crippen molar-refractivity contribution in [3.05, 3.63) is 54.1 Å². The normalized spacial score (nSPS) is 11.6. The van der Waals surface area contributed by atoms with Crippen LogP contribution in [0.4, 0.5) is 0 Å². The van der Waals surface area contributed by atoms with Crippen molar-refractivity contribution in [1.82, 2.24) is 10.2 Å². The third-order valence-electron chi connectivity index (χ3n) is 11.4. The van der Waals surface area contributed by atoms with E-state index in [1.807, 2.05) is 0 Å². The summed E-state index contributed by atoms with van der Waals surface area (Å²) < 4.78 is 5.26. The third-order valence-corrected chi connectivity index (χ3v) is 11.4. The average molecular weight is 835 g/mol. The number of carbonyl (C=O) groups is 4. The number of nitrogens with zero attached hydrogens (tertiary/aromatic N) is 1. The maximum Gasteiger partial charge on any atom is 0.308 e. The molecular weight excluding hydrogens is 745 g/mol. The first kappa shape index (κ1) is 55.0. The van der Waals surface area contributed by atoms with Gasteiger partial charge in [0, 0.05) is 45.7 Å². The molecule has 0 bridgehead atoms. The lowest BCUT2D eigenvalue weighted by Crippen LogP contribution is -2.36. The zero-order chi connectivity index (χ0) is 43.6. The van der Waals surface area contributed by atoms with Gasteiger partial charge in [-0.05, 0) is 102 Å². The van der Waals surface area contributed by atoms with Gasteiger partial charge < -0.3 is 15.0 Å². The molecule has 1 aromatic rings. The van der Waals surface area contributed by atoms with E-state index in [9.17, 15) is 19.2 Å². The van der Waals surface area contributed by atoms with Crippen LogP contribution in [0.5, 0.6) is 5.75 Å². The second-order valence-corrected chi connectivity index (χ2v) is 17.1. The molecule has 1 aromatic carbocycles. The number of Topliss-reactive ketones (excluding diaryl/α,β-unsaturated/α-hetero) is 2. The molecule has 0 saturated carbocycles. The monoisotopic (exact) mass is 835 g/mol. The van der Waals surface area contributed by atoms with Gasteiger partial charge >= 0.3 is 5.97 Å². The molecule has 0 heterocycles. The zero-order valence-electron chi connectivity index (χ0n) is 39.1. The summed E-state index contributed by atoms with van der Waals surface area (Å²) in [6, 6.07) is 6.88. The fourth-order valence-corrected chi connectivity index (χ4v) is 7.69. The van der Waals surface area contributed by atoms with Crippen molar-refractivity contribution in [3.63, 3.8) is 0 Å². The number of ether oxygens (including phenoxy) is 1. The topological polar surface area (TPSA) is 92.8 Å². The average Bonchev–Trinajstić information content (AvgIpc) is 3.23. The van der Waals surface area contributed by atoms with E-state index in [2.05, 4.69) is 48.4 Å². The highest BCUT2D eigenvalue weighted by atomic mass is 16.5. The Labute approximate surface area is 368 Å². The van der Waals surface area contributed by atoms with Crippen molar-refractivity contribution in [2.75, 3.05) is 26.2 Å². The predicted molar refractivity (Wildman–Crippen MR) is 254 cm³/mol. The predicted octanol–water partition coefficient (Wildman–Crippen LogP) is 14.4. The summed E-state index contributed by atoms with van der Waals surface area (Å²) in [5.41, 5.74) is 0.420. The van der Waals surface area contributed by atoms with Crippen LogP contribution in [0, 0.1) is 0 Å². The first-order chi connectivity index (χ1) is 29.4.